The van der Waals surface area contributed by atoms with Gasteiger partial charge in [0.15, 0.2) is 0 Å². The standard InChI is InChI=1S/C8H10OS/c1-2-7(6-9)8-4-3-5-10-8/h3-7H,2H2,1H3. The molecule has 0 N–H and O–H groups in total. The second-order valence-corrected chi connectivity index (χ2v) is 3.15. The minimum Gasteiger partial charge on any atom is -0.303 e. The highest BCUT2D eigenvalue weighted by Crippen LogP contribution is 2.21. The predicted octanol–water partition coefficient (Wildman–Crippen LogP) is 2.44. The summed E-state index contributed by atoms with van der Waals surface area (Å²) in [6.45, 7) is 2.03. The number of hydrogen-bond acceptors (Lipinski definition) is 2. The molecule has 0 radical (unpaired) electrons. The molecule has 0 fully saturated rings. The molecule has 0 bridgehead atoms. The third-order valence-corrected chi connectivity index (χ3v) is 2.52. The van der Waals surface area contributed by atoms with Crippen LogP contribution in [-0.2, 0) is 4.79 Å². The van der Waals surface area contributed by atoms with Gasteiger partial charge in [0.05, 0.1) is 0 Å². The maximum absolute atomic E-state index is 10.4. The highest BCUT2D eigenvalue weighted by atomic mass is 32.1. The SMILES string of the molecule is CCC(C=O)c1cccs1. The van der Waals surface area contributed by atoms with Gasteiger partial charge in [0.2, 0.25) is 0 Å². The zero-order chi connectivity index (χ0) is 7.40. The first-order valence-corrected chi connectivity index (χ1v) is 4.25. The number of rotatable bonds is 3. The van der Waals surface area contributed by atoms with E-state index >= 15 is 0 Å². The molecule has 10 heavy (non-hydrogen) atoms. The van der Waals surface area contributed by atoms with Crippen LogP contribution in [0.15, 0.2) is 17.5 Å². The second-order valence-electron chi connectivity index (χ2n) is 2.17. The summed E-state index contributed by atoms with van der Waals surface area (Å²) in [4.78, 5) is 11.6. The van der Waals surface area contributed by atoms with E-state index in [2.05, 4.69) is 0 Å². The van der Waals surface area contributed by atoms with E-state index in [1.165, 1.54) is 4.88 Å². The summed E-state index contributed by atoms with van der Waals surface area (Å²) in [5, 5.41) is 2.00. The fraction of sp³-hybridized carbons (Fsp3) is 0.375. The van der Waals surface area contributed by atoms with Gasteiger partial charge in [0, 0.05) is 10.8 Å². The number of aldehydes is 1. The monoisotopic (exact) mass is 154 g/mol. The summed E-state index contributed by atoms with van der Waals surface area (Å²) in [6, 6.07) is 3.99. The molecule has 2 heteroatoms. The Kier molecular flexibility index (Phi) is 2.63. The minimum atomic E-state index is 0.125. The molecular formula is C8H10OS. The summed E-state index contributed by atoms with van der Waals surface area (Å²) >= 11 is 1.65. The molecule has 0 amide bonds. The zero-order valence-corrected chi connectivity index (χ0v) is 6.73. The summed E-state index contributed by atoms with van der Waals surface area (Å²) in [6.07, 6.45) is 1.93. The fourth-order valence-corrected chi connectivity index (χ4v) is 1.74. The first-order chi connectivity index (χ1) is 4.88. The van der Waals surface area contributed by atoms with Gasteiger partial charge in [-0.1, -0.05) is 13.0 Å². The van der Waals surface area contributed by atoms with Gasteiger partial charge in [-0.05, 0) is 17.9 Å². The molecular weight excluding hydrogens is 144 g/mol. The third kappa shape index (κ3) is 1.45. The van der Waals surface area contributed by atoms with Gasteiger partial charge in [-0.2, -0.15) is 0 Å². The molecule has 0 saturated heterocycles. The zero-order valence-electron chi connectivity index (χ0n) is 5.91. The summed E-state index contributed by atoms with van der Waals surface area (Å²) in [5.74, 6) is 0.125. The van der Waals surface area contributed by atoms with Crippen LogP contribution in [0.3, 0.4) is 0 Å². The number of hydrogen-bond donors (Lipinski definition) is 0. The average molecular weight is 154 g/mol. The van der Waals surface area contributed by atoms with Crippen molar-refractivity contribution in [2.24, 2.45) is 0 Å². The van der Waals surface area contributed by atoms with Crippen molar-refractivity contribution >= 4 is 17.6 Å². The van der Waals surface area contributed by atoms with E-state index in [1.807, 2.05) is 24.4 Å². The van der Waals surface area contributed by atoms with Gasteiger partial charge >= 0.3 is 0 Å². The largest absolute Gasteiger partial charge is 0.303 e. The topological polar surface area (TPSA) is 17.1 Å². The molecule has 0 saturated carbocycles. The van der Waals surface area contributed by atoms with Gasteiger partial charge in [-0.15, -0.1) is 11.3 Å². The van der Waals surface area contributed by atoms with Crippen LogP contribution in [0.4, 0.5) is 0 Å². The van der Waals surface area contributed by atoms with Gasteiger partial charge in [-0.25, -0.2) is 0 Å². The van der Waals surface area contributed by atoms with E-state index in [9.17, 15) is 4.79 Å². The average Bonchev–Trinajstić information content (AvgIpc) is 2.43. The molecule has 54 valence electrons. The van der Waals surface area contributed by atoms with Crippen LogP contribution >= 0.6 is 11.3 Å². The molecule has 1 unspecified atom stereocenters. The Balaban J connectivity index is 2.73. The van der Waals surface area contributed by atoms with Crippen LogP contribution in [0, 0.1) is 0 Å². The highest BCUT2D eigenvalue weighted by molar-refractivity contribution is 7.10. The van der Waals surface area contributed by atoms with Crippen LogP contribution in [-0.4, -0.2) is 6.29 Å². The molecule has 0 aromatic carbocycles. The minimum absolute atomic E-state index is 0.125. The van der Waals surface area contributed by atoms with Crippen molar-refractivity contribution in [1.82, 2.24) is 0 Å². The Morgan fingerprint density at radius 3 is 3.00 bits per heavy atom. The smallest absolute Gasteiger partial charge is 0.128 e. The van der Waals surface area contributed by atoms with Crippen molar-refractivity contribution in [3.8, 4) is 0 Å². The lowest BCUT2D eigenvalue weighted by Crippen LogP contribution is -1.93. The van der Waals surface area contributed by atoms with Crippen LogP contribution < -0.4 is 0 Å². The van der Waals surface area contributed by atoms with E-state index in [0.29, 0.717) is 0 Å². The van der Waals surface area contributed by atoms with Gasteiger partial charge in [0.25, 0.3) is 0 Å². The Labute approximate surface area is 64.7 Å². The van der Waals surface area contributed by atoms with Crippen molar-refractivity contribution in [2.45, 2.75) is 19.3 Å². The lowest BCUT2D eigenvalue weighted by molar-refractivity contribution is -0.109. The quantitative estimate of drug-likeness (QED) is 0.611. The summed E-state index contributed by atoms with van der Waals surface area (Å²) < 4.78 is 0. The molecule has 0 aliphatic rings. The van der Waals surface area contributed by atoms with E-state index in [0.717, 1.165) is 12.7 Å². The van der Waals surface area contributed by atoms with Crippen LogP contribution in [0.1, 0.15) is 24.1 Å². The van der Waals surface area contributed by atoms with E-state index in [4.69, 9.17) is 0 Å². The van der Waals surface area contributed by atoms with E-state index in [1.54, 1.807) is 11.3 Å². The molecule has 1 aromatic heterocycles. The maximum atomic E-state index is 10.4. The van der Waals surface area contributed by atoms with Crippen LogP contribution in [0.2, 0.25) is 0 Å². The predicted molar refractivity (Wildman–Crippen MR) is 43.4 cm³/mol. The molecule has 1 rings (SSSR count). The summed E-state index contributed by atoms with van der Waals surface area (Å²) in [7, 11) is 0. The highest BCUT2D eigenvalue weighted by Gasteiger charge is 2.06. The third-order valence-electron chi connectivity index (χ3n) is 1.51. The van der Waals surface area contributed by atoms with Crippen molar-refractivity contribution < 1.29 is 4.79 Å². The lowest BCUT2D eigenvalue weighted by atomic mass is 10.1. The maximum Gasteiger partial charge on any atom is 0.128 e. The summed E-state index contributed by atoms with van der Waals surface area (Å²) in [5.41, 5.74) is 0. The molecule has 0 spiro atoms. The Morgan fingerprint density at radius 1 is 1.80 bits per heavy atom. The molecule has 1 atom stereocenters. The van der Waals surface area contributed by atoms with E-state index in [-0.39, 0.29) is 5.92 Å². The van der Waals surface area contributed by atoms with E-state index < -0.39 is 0 Å². The molecule has 0 aliphatic carbocycles. The van der Waals surface area contributed by atoms with Gasteiger partial charge in [0.1, 0.15) is 6.29 Å². The first-order valence-electron chi connectivity index (χ1n) is 3.37. The van der Waals surface area contributed by atoms with Crippen LogP contribution in [0.5, 0.6) is 0 Å². The first kappa shape index (κ1) is 7.48. The molecule has 1 nitrogen and oxygen atoms in total. The van der Waals surface area contributed by atoms with Gasteiger partial charge < -0.3 is 4.79 Å². The van der Waals surface area contributed by atoms with Gasteiger partial charge in [-0.3, -0.25) is 0 Å². The number of carbonyl (C=O) groups excluding carboxylic acids is 1. The Morgan fingerprint density at radius 2 is 2.60 bits per heavy atom. The van der Waals surface area contributed by atoms with Crippen molar-refractivity contribution in [3.63, 3.8) is 0 Å². The van der Waals surface area contributed by atoms with Crippen molar-refractivity contribution in [2.75, 3.05) is 0 Å². The molecule has 1 heterocycles. The Hall–Kier alpha value is -0.630. The van der Waals surface area contributed by atoms with Crippen LogP contribution in [0.25, 0.3) is 0 Å². The second kappa shape index (κ2) is 3.52. The lowest BCUT2D eigenvalue weighted by Gasteiger charge is -2.00. The normalized spacial score (nSPS) is 12.9. The number of thiophene rings is 1. The van der Waals surface area contributed by atoms with Crippen molar-refractivity contribution in [3.05, 3.63) is 22.4 Å². The Bertz CT molecular complexity index is 191. The van der Waals surface area contributed by atoms with Crippen molar-refractivity contribution in [1.29, 1.82) is 0 Å². The fourth-order valence-electron chi connectivity index (χ4n) is 0.867. The molecule has 1 aromatic rings. The molecule has 0 aliphatic heterocycles. The number of carbonyl (C=O) groups is 1.